The quantitative estimate of drug-likeness (QED) is 0.190. The Hall–Kier alpha value is -5.55. The van der Waals surface area contributed by atoms with Gasteiger partial charge in [-0.2, -0.15) is 18.3 Å². The Morgan fingerprint density at radius 3 is 2.53 bits per heavy atom. The van der Waals surface area contributed by atoms with Crippen LogP contribution in [-0.4, -0.2) is 92.5 Å². The first-order valence-corrected chi connectivity index (χ1v) is 19.6. The fraction of sp³-hybridized carbons (Fsp3) is 0.463. The molecule has 3 fully saturated rings. The van der Waals surface area contributed by atoms with Crippen LogP contribution in [0.5, 0.6) is 0 Å². The molecule has 2 saturated heterocycles. The van der Waals surface area contributed by atoms with Crippen LogP contribution in [0.1, 0.15) is 73.2 Å². The number of likely N-dealkylation sites (N-methyl/N-ethyl adjacent to an activating group) is 1. The van der Waals surface area contributed by atoms with E-state index in [1.54, 1.807) is 36.9 Å². The van der Waals surface area contributed by atoms with E-state index < -0.39 is 29.7 Å². The molecule has 3 aromatic heterocycles. The van der Waals surface area contributed by atoms with Crippen molar-refractivity contribution in [3.8, 4) is 0 Å². The number of ether oxygens (including phenoxy) is 1. The molecule has 8 rings (SSSR count). The molecule has 0 bridgehead atoms. The van der Waals surface area contributed by atoms with Crippen LogP contribution in [0.25, 0.3) is 21.9 Å². The number of hydrogen-bond acceptors (Lipinski definition) is 9. The molecule has 2 aliphatic heterocycles. The second-order valence-electron chi connectivity index (χ2n) is 15.8. The van der Waals surface area contributed by atoms with Crippen molar-refractivity contribution in [3.63, 3.8) is 0 Å². The Morgan fingerprint density at radius 2 is 1.79 bits per heavy atom. The molecule has 58 heavy (non-hydrogen) atoms. The number of aromatic nitrogens is 5. The molecule has 1 aliphatic carbocycles. The number of para-hydroxylation sites is 1. The minimum absolute atomic E-state index is 0.0768. The summed E-state index contributed by atoms with van der Waals surface area (Å²) in [5, 5.41) is 10.7. The zero-order valence-electron chi connectivity index (χ0n) is 32.5. The maximum Gasteiger partial charge on any atom is 0.433 e. The number of aryl methyl sites for hydroxylation is 1. The maximum absolute atomic E-state index is 13.5. The maximum atomic E-state index is 13.5. The number of amides is 3. The van der Waals surface area contributed by atoms with Gasteiger partial charge in [0.25, 0.3) is 5.91 Å². The first kappa shape index (κ1) is 39.3. The first-order valence-electron chi connectivity index (χ1n) is 19.6. The summed E-state index contributed by atoms with van der Waals surface area (Å²) in [5.41, 5.74) is 1.78. The van der Waals surface area contributed by atoms with E-state index in [0.29, 0.717) is 23.7 Å². The number of carbonyl (C=O) groups excluding carboxylic acids is 3. The number of piperidine rings is 2. The van der Waals surface area contributed by atoms with E-state index in [4.69, 9.17) is 9.84 Å². The normalized spacial score (nSPS) is 23.2. The Balaban J connectivity index is 0.875. The van der Waals surface area contributed by atoms with Crippen molar-refractivity contribution in [1.29, 1.82) is 0 Å². The number of anilines is 2. The molecule has 3 atom stereocenters. The molecule has 14 nitrogen and oxygen atoms in total. The summed E-state index contributed by atoms with van der Waals surface area (Å²) in [4.78, 5) is 59.0. The zero-order chi connectivity index (χ0) is 40.9. The molecule has 2 N–H and O–H groups in total. The predicted octanol–water partition coefficient (Wildman–Crippen LogP) is 5.29. The molecule has 2 aromatic carbocycles. The zero-order valence-corrected chi connectivity index (χ0v) is 32.5. The van der Waals surface area contributed by atoms with Gasteiger partial charge in [-0.3, -0.25) is 33.5 Å². The molecular weight excluding hydrogens is 756 g/mol. The van der Waals surface area contributed by atoms with Crippen molar-refractivity contribution in [2.45, 2.75) is 75.4 Å². The van der Waals surface area contributed by atoms with E-state index >= 15 is 0 Å². The molecule has 5 aromatic rings. The third kappa shape index (κ3) is 7.59. The van der Waals surface area contributed by atoms with Gasteiger partial charge in [-0.05, 0) is 94.0 Å². The minimum Gasteiger partial charge on any atom is -0.378 e. The molecule has 5 heterocycles. The average molecular weight is 802 g/mol. The second kappa shape index (κ2) is 15.7. The van der Waals surface area contributed by atoms with Gasteiger partial charge in [-0.1, -0.05) is 12.1 Å². The lowest BCUT2D eigenvalue weighted by atomic mass is 9.85. The van der Waals surface area contributed by atoms with Gasteiger partial charge in [0, 0.05) is 63.5 Å². The van der Waals surface area contributed by atoms with Crippen LogP contribution in [0.4, 0.5) is 24.5 Å². The molecule has 1 unspecified atom stereocenters. The summed E-state index contributed by atoms with van der Waals surface area (Å²) in [6, 6.07) is 13.9. The number of pyridine rings is 1. The highest BCUT2D eigenvalue weighted by Gasteiger charge is 2.37. The van der Waals surface area contributed by atoms with Crippen LogP contribution >= 0.6 is 0 Å². The van der Waals surface area contributed by atoms with Crippen LogP contribution in [-0.2, 0) is 27.5 Å². The van der Waals surface area contributed by atoms with Crippen LogP contribution in [0.2, 0.25) is 0 Å². The largest absolute Gasteiger partial charge is 0.433 e. The Bertz CT molecular complexity index is 2430. The minimum atomic E-state index is -4.65. The van der Waals surface area contributed by atoms with E-state index in [1.807, 2.05) is 29.1 Å². The highest BCUT2D eigenvalue weighted by atomic mass is 19.4. The van der Waals surface area contributed by atoms with Gasteiger partial charge >= 0.3 is 11.9 Å². The number of imide groups is 1. The van der Waals surface area contributed by atoms with E-state index in [0.717, 1.165) is 79.4 Å². The van der Waals surface area contributed by atoms with Gasteiger partial charge in [0.05, 0.1) is 34.4 Å². The van der Waals surface area contributed by atoms with Gasteiger partial charge in [-0.25, -0.2) is 9.78 Å². The van der Waals surface area contributed by atoms with Crippen LogP contribution < -0.4 is 21.2 Å². The molecule has 3 aliphatic rings. The Morgan fingerprint density at radius 1 is 1.02 bits per heavy atom. The SMILES string of the molecule is CO[C@@H]1CN(c2cccc3c2n(C)c(=O)n3C2CCC(=O)NC2=O)CC[C@@H]1N(C)CC1CCC(n2cc3cc(NC(=O)c4cccc(C(F)(F)F)n4)ccc3n2)CC1. The number of imidazole rings is 1. The Labute approximate surface area is 331 Å². The summed E-state index contributed by atoms with van der Waals surface area (Å²) in [5.74, 6) is -1.01. The van der Waals surface area contributed by atoms with Gasteiger partial charge in [0.15, 0.2) is 0 Å². The number of fused-ring (bicyclic) bond motifs is 2. The number of halogens is 3. The number of rotatable bonds is 9. The standard InChI is InChI=1S/C41H46F3N9O5/c1-49(30-18-19-51(23-34(30)58-3)31-7-5-8-32-37(31)50(2)40(57)53(32)33-16-17-36(54)47-39(33)56)21-24-10-13-27(14-11-24)52-22-25-20-26(12-15-28(25)48-52)45-38(55)29-6-4-9-35(46-29)41(42,43)44/h4-9,12,15,20,22,24,27,30,33-34H,10-11,13-14,16-19,21,23H2,1-3H3,(H,45,55)(H,47,54,56)/t24?,27?,30-,33?,34+/m0/s1. The van der Waals surface area contributed by atoms with Gasteiger partial charge in [-0.15, -0.1) is 0 Å². The fourth-order valence-corrected chi connectivity index (χ4v) is 9.12. The molecule has 3 amide bonds. The number of nitrogens with one attached hydrogen (secondary N) is 2. The van der Waals surface area contributed by atoms with Crippen molar-refractivity contribution in [1.82, 2.24) is 34.1 Å². The molecule has 0 radical (unpaired) electrons. The van der Waals surface area contributed by atoms with Crippen molar-refractivity contribution in [2.24, 2.45) is 13.0 Å². The Kier molecular flexibility index (Phi) is 10.6. The number of nitrogens with zero attached hydrogens (tertiary/aromatic N) is 7. The molecule has 306 valence electrons. The highest BCUT2D eigenvalue weighted by Crippen LogP contribution is 2.36. The van der Waals surface area contributed by atoms with Gasteiger partial charge in [0.2, 0.25) is 11.8 Å². The van der Waals surface area contributed by atoms with Crippen molar-refractivity contribution >= 4 is 51.0 Å². The molecule has 0 spiro atoms. The summed E-state index contributed by atoms with van der Waals surface area (Å²) < 4.78 is 50.5. The van der Waals surface area contributed by atoms with Crippen molar-refractivity contribution in [3.05, 3.63) is 82.7 Å². The summed E-state index contributed by atoms with van der Waals surface area (Å²) in [6.45, 7) is 2.33. The molecular formula is C41H46F3N9O5. The van der Waals surface area contributed by atoms with E-state index in [1.165, 1.54) is 10.6 Å². The lowest BCUT2D eigenvalue weighted by Gasteiger charge is -2.44. The van der Waals surface area contributed by atoms with Crippen LogP contribution in [0.15, 0.2) is 65.6 Å². The fourth-order valence-electron chi connectivity index (χ4n) is 9.12. The van der Waals surface area contributed by atoms with Gasteiger partial charge in [0.1, 0.15) is 17.4 Å². The second-order valence-corrected chi connectivity index (χ2v) is 15.8. The smallest absolute Gasteiger partial charge is 0.378 e. The van der Waals surface area contributed by atoms with E-state index in [2.05, 4.69) is 32.5 Å². The highest BCUT2D eigenvalue weighted by molar-refractivity contribution is 6.04. The number of benzene rings is 2. The lowest BCUT2D eigenvalue weighted by molar-refractivity contribution is -0.141. The number of alkyl halides is 3. The van der Waals surface area contributed by atoms with Crippen LogP contribution in [0, 0.1) is 5.92 Å². The number of carbonyl (C=O) groups is 3. The monoisotopic (exact) mass is 801 g/mol. The molecule has 17 heteroatoms. The summed E-state index contributed by atoms with van der Waals surface area (Å²) in [7, 11) is 5.64. The lowest BCUT2D eigenvalue weighted by Crippen LogP contribution is -2.55. The topological polar surface area (TPSA) is 149 Å². The van der Waals surface area contributed by atoms with E-state index in [-0.39, 0.29) is 48.3 Å². The number of hydrogen-bond donors (Lipinski definition) is 2. The molecule has 1 saturated carbocycles. The summed E-state index contributed by atoms with van der Waals surface area (Å²) in [6.07, 6.45) is 2.56. The predicted molar refractivity (Wildman–Crippen MR) is 211 cm³/mol. The van der Waals surface area contributed by atoms with Crippen molar-refractivity contribution < 1.29 is 32.3 Å². The third-order valence-corrected chi connectivity index (χ3v) is 12.1. The van der Waals surface area contributed by atoms with Crippen LogP contribution in [0.3, 0.4) is 0 Å². The number of methoxy groups -OCH3 is 1. The first-order chi connectivity index (χ1) is 27.8. The van der Waals surface area contributed by atoms with E-state index in [9.17, 15) is 32.3 Å². The third-order valence-electron chi connectivity index (χ3n) is 12.1. The van der Waals surface area contributed by atoms with Gasteiger partial charge < -0.3 is 19.9 Å². The summed E-state index contributed by atoms with van der Waals surface area (Å²) >= 11 is 0. The van der Waals surface area contributed by atoms with Crippen molar-refractivity contribution in [2.75, 3.05) is 44.0 Å². The average Bonchev–Trinajstić information content (AvgIpc) is 3.75.